The van der Waals surface area contributed by atoms with E-state index in [0.29, 0.717) is 18.4 Å². The molecule has 1 aromatic rings. The van der Waals surface area contributed by atoms with Crippen molar-refractivity contribution in [3.8, 4) is 11.8 Å². The summed E-state index contributed by atoms with van der Waals surface area (Å²) in [5.74, 6) is 6.81. The van der Waals surface area contributed by atoms with Gasteiger partial charge in [0.15, 0.2) is 0 Å². The van der Waals surface area contributed by atoms with Crippen molar-refractivity contribution < 1.29 is 5.11 Å². The number of benzene rings is 1. The Balaban J connectivity index is 1.98. The average molecular weight is 286 g/mol. The first-order chi connectivity index (χ1) is 10.1. The molecule has 1 aliphatic heterocycles. The predicted octanol–water partition coefficient (Wildman–Crippen LogP) is 1.80. The van der Waals surface area contributed by atoms with Gasteiger partial charge in [0.05, 0.1) is 6.61 Å². The number of likely N-dealkylation sites (tertiary alicyclic amines) is 1. The van der Waals surface area contributed by atoms with E-state index in [-0.39, 0.29) is 6.61 Å². The molecule has 1 aromatic carbocycles. The molecular weight excluding hydrogens is 260 g/mol. The fourth-order valence-electron chi connectivity index (χ4n) is 3.08. The second-order valence-corrected chi connectivity index (χ2v) is 6.18. The number of hydrogen-bond donors (Lipinski definition) is 1. The molecule has 3 nitrogen and oxygen atoms in total. The van der Waals surface area contributed by atoms with Crippen LogP contribution in [0.15, 0.2) is 24.3 Å². The summed E-state index contributed by atoms with van der Waals surface area (Å²) in [4.78, 5) is 4.86. The molecule has 0 radical (unpaired) electrons. The van der Waals surface area contributed by atoms with Gasteiger partial charge < -0.3 is 10.0 Å². The number of likely N-dealkylation sites (N-methyl/N-ethyl adjacent to an activating group) is 1. The molecule has 0 saturated carbocycles. The molecule has 1 saturated heterocycles. The van der Waals surface area contributed by atoms with E-state index in [1.807, 2.05) is 6.07 Å². The van der Waals surface area contributed by atoms with Crippen molar-refractivity contribution in [1.29, 1.82) is 0 Å². The maximum atomic E-state index is 8.77. The largest absolute Gasteiger partial charge is 0.395 e. The molecule has 2 atom stereocenters. The minimum atomic E-state index is 0.129. The molecule has 1 N–H and O–H groups in total. The Bertz CT molecular complexity index is 515. The summed E-state index contributed by atoms with van der Waals surface area (Å²) in [6.07, 6.45) is 0.540. The van der Waals surface area contributed by atoms with E-state index in [1.165, 1.54) is 5.56 Å². The molecule has 1 aliphatic rings. The Morgan fingerprint density at radius 3 is 2.81 bits per heavy atom. The molecular formula is C18H26N2O. The van der Waals surface area contributed by atoms with Crippen LogP contribution in [0.1, 0.15) is 24.5 Å². The zero-order valence-corrected chi connectivity index (χ0v) is 13.3. The molecule has 2 unspecified atom stereocenters. The Kier molecular flexibility index (Phi) is 5.81. The maximum Gasteiger partial charge on any atom is 0.0540 e. The summed E-state index contributed by atoms with van der Waals surface area (Å²) >= 11 is 0. The van der Waals surface area contributed by atoms with E-state index in [2.05, 4.69) is 60.9 Å². The first-order valence-corrected chi connectivity index (χ1v) is 7.67. The van der Waals surface area contributed by atoms with Crippen LogP contribution < -0.4 is 0 Å². The number of aliphatic hydroxyl groups excluding tert-OH is 1. The molecule has 114 valence electrons. The highest BCUT2D eigenvalue weighted by Gasteiger charge is 2.30. The quantitative estimate of drug-likeness (QED) is 0.855. The second-order valence-electron chi connectivity index (χ2n) is 6.18. The number of rotatable bonds is 4. The standard InChI is InChI=1S/C18H26N2O/c1-15-12-20(14-18(15)19(2)3)13-17-9-6-8-16(11-17)7-4-5-10-21/h6,8-9,11,15,18,21H,5,10,12-14H2,1-3H3. The predicted molar refractivity (Wildman–Crippen MR) is 86.9 cm³/mol. The topological polar surface area (TPSA) is 26.7 Å². The van der Waals surface area contributed by atoms with E-state index in [9.17, 15) is 0 Å². The Morgan fingerprint density at radius 1 is 1.33 bits per heavy atom. The van der Waals surface area contributed by atoms with Crippen molar-refractivity contribution in [3.05, 3.63) is 35.4 Å². The van der Waals surface area contributed by atoms with Gasteiger partial charge in [-0.25, -0.2) is 0 Å². The van der Waals surface area contributed by atoms with Gasteiger partial charge in [0.2, 0.25) is 0 Å². The van der Waals surface area contributed by atoms with Crippen molar-refractivity contribution in [2.75, 3.05) is 33.8 Å². The fourth-order valence-corrected chi connectivity index (χ4v) is 3.08. The lowest BCUT2D eigenvalue weighted by Crippen LogP contribution is -2.34. The van der Waals surface area contributed by atoms with Gasteiger partial charge >= 0.3 is 0 Å². The molecule has 0 spiro atoms. The number of aliphatic hydroxyl groups is 1. The van der Waals surface area contributed by atoms with Crippen molar-refractivity contribution in [1.82, 2.24) is 9.80 Å². The van der Waals surface area contributed by atoms with Crippen LogP contribution in [0.25, 0.3) is 0 Å². The third-order valence-electron chi connectivity index (χ3n) is 4.11. The third-order valence-corrected chi connectivity index (χ3v) is 4.11. The zero-order chi connectivity index (χ0) is 15.2. The van der Waals surface area contributed by atoms with Crippen molar-refractivity contribution in [3.63, 3.8) is 0 Å². The maximum absolute atomic E-state index is 8.77. The lowest BCUT2D eigenvalue weighted by molar-refractivity contribution is 0.250. The summed E-state index contributed by atoms with van der Waals surface area (Å²) in [5, 5.41) is 8.77. The molecule has 0 aliphatic carbocycles. The van der Waals surface area contributed by atoms with Gasteiger partial charge in [-0.3, -0.25) is 4.90 Å². The van der Waals surface area contributed by atoms with E-state index in [1.54, 1.807) is 0 Å². The lowest BCUT2D eigenvalue weighted by Gasteiger charge is -2.22. The number of hydrogen-bond acceptors (Lipinski definition) is 3. The van der Waals surface area contributed by atoms with Crippen LogP contribution in [-0.2, 0) is 6.54 Å². The SMILES string of the molecule is CC1CN(Cc2cccc(C#CCCO)c2)CC1N(C)C. The van der Waals surface area contributed by atoms with Gasteiger partial charge in [-0.1, -0.05) is 30.9 Å². The fraction of sp³-hybridized carbons (Fsp3) is 0.556. The van der Waals surface area contributed by atoms with Crippen LogP contribution in [-0.4, -0.2) is 54.7 Å². The molecule has 1 fully saturated rings. The van der Waals surface area contributed by atoms with Crippen molar-refractivity contribution in [2.24, 2.45) is 5.92 Å². The van der Waals surface area contributed by atoms with Gasteiger partial charge in [0.1, 0.15) is 0 Å². The van der Waals surface area contributed by atoms with E-state index in [4.69, 9.17) is 5.11 Å². The van der Waals surface area contributed by atoms with Crippen LogP contribution in [0.4, 0.5) is 0 Å². The second kappa shape index (κ2) is 7.61. The van der Waals surface area contributed by atoms with E-state index < -0.39 is 0 Å². The molecule has 21 heavy (non-hydrogen) atoms. The van der Waals surface area contributed by atoms with Gasteiger partial charge in [0.25, 0.3) is 0 Å². The Labute approximate surface area is 128 Å². The van der Waals surface area contributed by atoms with Gasteiger partial charge in [-0.05, 0) is 37.7 Å². The van der Waals surface area contributed by atoms with Crippen LogP contribution >= 0.6 is 0 Å². The Hall–Kier alpha value is -1.34. The molecule has 0 aromatic heterocycles. The van der Waals surface area contributed by atoms with Crippen LogP contribution in [0.3, 0.4) is 0 Å². The molecule has 0 amide bonds. The highest BCUT2D eigenvalue weighted by Crippen LogP contribution is 2.22. The summed E-state index contributed by atoms with van der Waals surface area (Å²) < 4.78 is 0. The highest BCUT2D eigenvalue weighted by atomic mass is 16.2. The molecule has 1 heterocycles. The smallest absolute Gasteiger partial charge is 0.0540 e. The summed E-state index contributed by atoms with van der Waals surface area (Å²) in [6, 6.07) is 9.09. The van der Waals surface area contributed by atoms with Crippen LogP contribution in [0.5, 0.6) is 0 Å². The molecule has 3 heteroatoms. The minimum Gasteiger partial charge on any atom is -0.395 e. The zero-order valence-electron chi connectivity index (χ0n) is 13.3. The van der Waals surface area contributed by atoms with Crippen LogP contribution in [0.2, 0.25) is 0 Å². The van der Waals surface area contributed by atoms with Crippen LogP contribution in [0, 0.1) is 17.8 Å². The monoisotopic (exact) mass is 286 g/mol. The summed E-state index contributed by atoms with van der Waals surface area (Å²) in [7, 11) is 4.34. The van der Waals surface area contributed by atoms with E-state index >= 15 is 0 Å². The lowest BCUT2D eigenvalue weighted by atomic mass is 10.1. The summed E-state index contributed by atoms with van der Waals surface area (Å²) in [6.45, 7) is 5.74. The molecule has 2 rings (SSSR count). The third kappa shape index (κ3) is 4.57. The Morgan fingerprint density at radius 2 is 2.14 bits per heavy atom. The number of nitrogens with zero attached hydrogens (tertiary/aromatic N) is 2. The minimum absolute atomic E-state index is 0.129. The normalized spacial score (nSPS) is 22.3. The molecule has 0 bridgehead atoms. The van der Waals surface area contributed by atoms with Gasteiger partial charge in [-0.2, -0.15) is 0 Å². The average Bonchev–Trinajstić information content (AvgIpc) is 2.80. The summed E-state index contributed by atoms with van der Waals surface area (Å²) in [5.41, 5.74) is 2.36. The van der Waals surface area contributed by atoms with E-state index in [0.717, 1.165) is 25.2 Å². The van der Waals surface area contributed by atoms with Crippen molar-refractivity contribution >= 4 is 0 Å². The first kappa shape index (κ1) is 16.0. The van der Waals surface area contributed by atoms with Gasteiger partial charge in [0, 0.05) is 37.7 Å². The van der Waals surface area contributed by atoms with Gasteiger partial charge in [-0.15, -0.1) is 0 Å². The highest BCUT2D eigenvalue weighted by molar-refractivity contribution is 5.37. The first-order valence-electron chi connectivity index (χ1n) is 7.67. The van der Waals surface area contributed by atoms with Crippen molar-refractivity contribution in [2.45, 2.75) is 25.9 Å².